The Kier molecular flexibility index (Phi) is 5.31. The van der Waals surface area contributed by atoms with Gasteiger partial charge in [0.05, 0.1) is 22.0 Å². The smallest absolute Gasteiger partial charge is 0.253 e. The predicted octanol–water partition coefficient (Wildman–Crippen LogP) is 1.13. The molecule has 2 aliphatic rings. The Bertz CT molecular complexity index is 787. The molecule has 7 nitrogen and oxygen atoms in total. The third kappa shape index (κ3) is 4.31. The van der Waals surface area contributed by atoms with E-state index in [9.17, 15) is 18.0 Å². The molecular weight excluding hydrogens is 366 g/mol. The van der Waals surface area contributed by atoms with Crippen molar-refractivity contribution in [2.45, 2.75) is 36.6 Å². The first-order valence-corrected chi connectivity index (χ1v) is 10.1. The SMILES string of the molecule is O=C(CNC(=O)c1cc(S(=O)(=O)N2CCCC2)ccc1Cl)NC1CC1. The van der Waals surface area contributed by atoms with Gasteiger partial charge >= 0.3 is 0 Å². The van der Waals surface area contributed by atoms with E-state index in [0.29, 0.717) is 13.1 Å². The molecule has 1 aliphatic heterocycles. The zero-order valence-corrected chi connectivity index (χ0v) is 15.2. The molecule has 2 N–H and O–H groups in total. The molecule has 1 heterocycles. The van der Waals surface area contributed by atoms with Gasteiger partial charge in [-0.15, -0.1) is 0 Å². The van der Waals surface area contributed by atoms with E-state index in [1.165, 1.54) is 22.5 Å². The van der Waals surface area contributed by atoms with Crippen LogP contribution in [0.1, 0.15) is 36.0 Å². The van der Waals surface area contributed by atoms with E-state index in [1.807, 2.05) is 0 Å². The number of benzene rings is 1. The largest absolute Gasteiger partial charge is 0.352 e. The van der Waals surface area contributed by atoms with Gasteiger partial charge in [-0.3, -0.25) is 9.59 Å². The second-order valence-electron chi connectivity index (χ2n) is 6.28. The molecule has 0 unspecified atom stereocenters. The van der Waals surface area contributed by atoms with Crippen molar-refractivity contribution < 1.29 is 18.0 Å². The third-order valence-electron chi connectivity index (χ3n) is 4.24. The van der Waals surface area contributed by atoms with Gasteiger partial charge in [0.25, 0.3) is 5.91 Å². The molecule has 2 amide bonds. The molecule has 0 bridgehead atoms. The number of nitrogens with one attached hydrogen (secondary N) is 2. The van der Waals surface area contributed by atoms with Crippen molar-refractivity contribution >= 4 is 33.4 Å². The maximum absolute atomic E-state index is 12.6. The molecule has 0 atom stereocenters. The molecule has 0 radical (unpaired) electrons. The molecule has 1 aromatic carbocycles. The van der Waals surface area contributed by atoms with Crippen molar-refractivity contribution in [3.05, 3.63) is 28.8 Å². The summed E-state index contributed by atoms with van der Waals surface area (Å²) in [6.45, 7) is 0.788. The van der Waals surface area contributed by atoms with E-state index in [0.717, 1.165) is 25.7 Å². The minimum Gasteiger partial charge on any atom is -0.352 e. The highest BCUT2D eigenvalue weighted by Crippen LogP contribution is 2.25. The van der Waals surface area contributed by atoms with Gasteiger partial charge in [0.15, 0.2) is 0 Å². The van der Waals surface area contributed by atoms with Crippen LogP contribution in [0.4, 0.5) is 0 Å². The number of halogens is 1. The minimum atomic E-state index is -3.63. The van der Waals surface area contributed by atoms with Gasteiger partial charge in [-0.05, 0) is 43.9 Å². The molecule has 1 saturated carbocycles. The van der Waals surface area contributed by atoms with E-state index in [2.05, 4.69) is 10.6 Å². The molecule has 1 saturated heterocycles. The van der Waals surface area contributed by atoms with Crippen LogP contribution in [0.2, 0.25) is 5.02 Å². The average Bonchev–Trinajstić information content (AvgIpc) is 3.20. The molecule has 9 heteroatoms. The van der Waals surface area contributed by atoms with E-state index in [-0.39, 0.29) is 34.0 Å². The predicted molar refractivity (Wildman–Crippen MR) is 92.9 cm³/mol. The number of rotatable bonds is 6. The third-order valence-corrected chi connectivity index (χ3v) is 6.46. The van der Waals surface area contributed by atoms with Crippen LogP contribution in [0.3, 0.4) is 0 Å². The first kappa shape index (κ1) is 18.2. The zero-order chi connectivity index (χ0) is 18.0. The molecule has 3 rings (SSSR count). The topological polar surface area (TPSA) is 95.6 Å². The van der Waals surface area contributed by atoms with Crippen molar-refractivity contribution in [3.63, 3.8) is 0 Å². The summed E-state index contributed by atoms with van der Waals surface area (Å²) in [6.07, 6.45) is 3.58. The minimum absolute atomic E-state index is 0.0337. The maximum atomic E-state index is 12.6. The second-order valence-corrected chi connectivity index (χ2v) is 8.62. The Morgan fingerprint density at radius 2 is 1.88 bits per heavy atom. The van der Waals surface area contributed by atoms with Crippen molar-refractivity contribution in [2.75, 3.05) is 19.6 Å². The number of hydrogen-bond acceptors (Lipinski definition) is 4. The van der Waals surface area contributed by atoms with E-state index < -0.39 is 15.9 Å². The lowest BCUT2D eigenvalue weighted by molar-refractivity contribution is -0.120. The summed E-state index contributed by atoms with van der Waals surface area (Å²) >= 11 is 6.04. The first-order chi connectivity index (χ1) is 11.9. The fraction of sp³-hybridized carbons (Fsp3) is 0.500. The molecule has 1 aliphatic carbocycles. The number of carbonyl (C=O) groups is 2. The molecular formula is C16H20ClN3O4S. The Hall–Kier alpha value is -1.64. The van der Waals surface area contributed by atoms with Crippen molar-refractivity contribution in [1.29, 1.82) is 0 Å². The van der Waals surface area contributed by atoms with Gasteiger partial charge in [-0.25, -0.2) is 8.42 Å². The summed E-state index contributed by atoms with van der Waals surface area (Å²) in [7, 11) is -3.63. The lowest BCUT2D eigenvalue weighted by Gasteiger charge is -2.16. The number of hydrogen-bond donors (Lipinski definition) is 2. The lowest BCUT2D eigenvalue weighted by atomic mass is 10.2. The van der Waals surface area contributed by atoms with E-state index >= 15 is 0 Å². The summed E-state index contributed by atoms with van der Waals surface area (Å²) in [4.78, 5) is 24.0. The molecule has 136 valence electrons. The van der Waals surface area contributed by atoms with Gasteiger partial charge in [0, 0.05) is 19.1 Å². The molecule has 1 aromatic rings. The standard InChI is InChI=1S/C16H20ClN3O4S/c17-14-6-5-12(25(23,24)20-7-1-2-8-20)9-13(14)16(22)18-10-15(21)19-11-3-4-11/h5-6,9,11H,1-4,7-8,10H2,(H,18,22)(H,19,21). The van der Waals surface area contributed by atoms with Crippen LogP contribution in [-0.4, -0.2) is 50.2 Å². The molecule has 0 spiro atoms. The van der Waals surface area contributed by atoms with Crippen LogP contribution < -0.4 is 10.6 Å². The summed E-state index contributed by atoms with van der Waals surface area (Å²) in [5.41, 5.74) is 0.0427. The summed E-state index contributed by atoms with van der Waals surface area (Å²) in [5, 5.41) is 5.38. The monoisotopic (exact) mass is 385 g/mol. The average molecular weight is 386 g/mol. The maximum Gasteiger partial charge on any atom is 0.253 e. The second kappa shape index (κ2) is 7.31. The number of nitrogens with zero attached hydrogens (tertiary/aromatic N) is 1. The molecule has 2 fully saturated rings. The van der Waals surface area contributed by atoms with Crippen molar-refractivity contribution in [2.24, 2.45) is 0 Å². The van der Waals surface area contributed by atoms with Gasteiger partial charge < -0.3 is 10.6 Å². The Labute approximate surface area is 151 Å². The number of carbonyl (C=O) groups excluding carboxylic acids is 2. The van der Waals surface area contributed by atoms with Gasteiger partial charge in [-0.2, -0.15) is 4.31 Å². The number of sulfonamides is 1. The number of amides is 2. The highest BCUT2D eigenvalue weighted by Gasteiger charge is 2.28. The van der Waals surface area contributed by atoms with Crippen molar-refractivity contribution in [3.8, 4) is 0 Å². The Balaban J connectivity index is 1.72. The normalized spacial score (nSPS) is 18.1. The summed E-state index contributed by atoms with van der Waals surface area (Å²) < 4.78 is 26.6. The van der Waals surface area contributed by atoms with E-state index in [1.54, 1.807) is 0 Å². The first-order valence-electron chi connectivity index (χ1n) is 8.25. The Morgan fingerprint density at radius 1 is 1.20 bits per heavy atom. The van der Waals surface area contributed by atoms with Gasteiger partial charge in [0.1, 0.15) is 0 Å². The van der Waals surface area contributed by atoms with Crippen LogP contribution in [0.25, 0.3) is 0 Å². The summed E-state index contributed by atoms with van der Waals surface area (Å²) in [5.74, 6) is -0.845. The molecule has 25 heavy (non-hydrogen) atoms. The van der Waals surface area contributed by atoms with E-state index in [4.69, 9.17) is 11.6 Å². The Morgan fingerprint density at radius 3 is 2.52 bits per heavy atom. The van der Waals surface area contributed by atoms with Crippen LogP contribution >= 0.6 is 11.6 Å². The van der Waals surface area contributed by atoms with Gasteiger partial charge in [0.2, 0.25) is 15.9 Å². The lowest BCUT2D eigenvalue weighted by Crippen LogP contribution is -2.38. The fourth-order valence-corrected chi connectivity index (χ4v) is 4.43. The summed E-state index contributed by atoms with van der Waals surface area (Å²) in [6, 6.07) is 4.27. The van der Waals surface area contributed by atoms with Crippen LogP contribution in [0.5, 0.6) is 0 Å². The van der Waals surface area contributed by atoms with Crippen LogP contribution in [-0.2, 0) is 14.8 Å². The highest BCUT2D eigenvalue weighted by molar-refractivity contribution is 7.89. The van der Waals surface area contributed by atoms with Gasteiger partial charge in [-0.1, -0.05) is 11.6 Å². The van der Waals surface area contributed by atoms with Crippen LogP contribution in [0, 0.1) is 0 Å². The van der Waals surface area contributed by atoms with Crippen molar-refractivity contribution in [1.82, 2.24) is 14.9 Å². The highest BCUT2D eigenvalue weighted by atomic mass is 35.5. The molecule has 0 aromatic heterocycles. The quantitative estimate of drug-likeness (QED) is 0.767. The van der Waals surface area contributed by atoms with Crippen LogP contribution in [0.15, 0.2) is 23.1 Å². The zero-order valence-electron chi connectivity index (χ0n) is 13.6. The fourth-order valence-electron chi connectivity index (χ4n) is 2.68.